The highest BCUT2D eigenvalue weighted by atomic mass is 35.5. The van der Waals surface area contributed by atoms with Crippen LogP contribution in [0.5, 0.6) is 0 Å². The SMILES string of the molecule is O=C(Nc1cccc(-c2csc(-c3ccccc3Cl)n2)c1)c1ccccc1[N+](=O)[O-]. The lowest BCUT2D eigenvalue weighted by Crippen LogP contribution is -2.13. The lowest BCUT2D eigenvalue weighted by Gasteiger charge is -2.07. The highest BCUT2D eigenvalue weighted by Crippen LogP contribution is 2.33. The van der Waals surface area contributed by atoms with Crippen molar-refractivity contribution in [1.29, 1.82) is 0 Å². The average Bonchev–Trinajstić information content (AvgIpc) is 3.24. The van der Waals surface area contributed by atoms with Crippen molar-refractivity contribution in [3.8, 4) is 21.8 Å². The molecule has 6 nitrogen and oxygen atoms in total. The van der Waals surface area contributed by atoms with E-state index in [1.54, 1.807) is 24.3 Å². The van der Waals surface area contributed by atoms with Gasteiger partial charge < -0.3 is 5.32 Å². The van der Waals surface area contributed by atoms with Gasteiger partial charge in [0, 0.05) is 28.3 Å². The molecule has 30 heavy (non-hydrogen) atoms. The molecule has 0 unspecified atom stereocenters. The van der Waals surface area contributed by atoms with E-state index in [0.29, 0.717) is 10.7 Å². The summed E-state index contributed by atoms with van der Waals surface area (Å²) in [4.78, 5) is 27.8. The molecule has 0 aliphatic heterocycles. The maximum Gasteiger partial charge on any atom is 0.282 e. The number of carbonyl (C=O) groups excluding carboxylic acids is 1. The van der Waals surface area contributed by atoms with Gasteiger partial charge in [0.25, 0.3) is 11.6 Å². The van der Waals surface area contributed by atoms with Gasteiger partial charge in [-0.1, -0.05) is 54.1 Å². The summed E-state index contributed by atoms with van der Waals surface area (Å²) in [6.07, 6.45) is 0. The number of rotatable bonds is 5. The average molecular weight is 436 g/mol. The topological polar surface area (TPSA) is 85.1 Å². The Kier molecular flexibility index (Phi) is 5.56. The molecule has 148 valence electrons. The van der Waals surface area contributed by atoms with E-state index >= 15 is 0 Å². The molecule has 0 atom stereocenters. The monoisotopic (exact) mass is 435 g/mol. The maximum absolute atomic E-state index is 12.6. The van der Waals surface area contributed by atoms with Gasteiger partial charge in [-0.25, -0.2) is 4.98 Å². The molecule has 0 aliphatic carbocycles. The molecule has 1 aromatic heterocycles. The molecular formula is C22H14ClN3O3S. The fourth-order valence-electron chi connectivity index (χ4n) is 2.94. The number of aromatic nitrogens is 1. The van der Waals surface area contributed by atoms with E-state index < -0.39 is 10.8 Å². The number of nitrogens with zero attached hydrogens (tertiary/aromatic N) is 2. The molecule has 4 rings (SSSR count). The van der Waals surface area contributed by atoms with Crippen LogP contribution in [0.25, 0.3) is 21.8 Å². The van der Waals surface area contributed by atoms with Crippen molar-refractivity contribution in [3.05, 3.63) is 98.9 Å². The number of nitro groups is 1. The van der Waals surface area contributed by atoms with Crippen LogP contribution in [-0.2, 0) is 0 Å². The molecule has 1 amide bonds. The fourth-order valence-corrected chi connectivity index (χ4v) is 4.09. The van der Waals surface area contributed by atoms with Crippen molar-refractivity contribution >= 4 is 40.2 Å². The second kappa shape index (κ2) is 8.44. The number of anilines is 1. The first-order chi connectivity index (χ1) is 14.5. The van der Waals surface area contributed by atoms with Gasteiger partial charge in [0.2, 0.25) is 0 Å². The molecule has 0 bridgehead atoms. The Morgan fingerprint density at radius 1 is 1.03 bits per heavy atom. The lowest BCUT2D eigenvalue weighted by atomic mass is 10.1. The van der Waals surface area contributed by atoms with E-state index in [0.717, 1.165) is 21.8 Å². The minimum Gasteiger partial charge on any atom is -0.322 e. The summed E-state index contributed by atoms with van der Waals surface area (Å²) in [5, 5.41) is 17.2. The first-order valence-electron chi connectivity index (χ1n) is 8.88. The number of thiazole rings is 1. The van der Waals surface area contributed by atoms with Crippen LogP contribution in [0.4, 0.5) is 11.4 Å². The van der Waals surface area contributed by atoms with Crippen LogP contribution in [-0.4, -0.2) is 15.8 Å². The van der Waals surface area contributed by atoms with Crippen molar-refractivity contribution in [3.63, 3.8) is 0 Å². The van der Waals surface area contributed by atoms with Gasteiger partial charge >= 0.3 is 0 Å². The summed E-state index contributed by atoms with van der Waals surface area (Å²) in [6.45, 7) is 0. The number of benzene rings is 3. The summed E-state index contributed by atoms with van der Waals surface area (Å²) in [7, 11) is 0. The zero-order valence-corrected chi connectivity index (χ0v) is 17.0. The largest absolute Gasteiger partial charge is 0.322 e. The van der Waals surface area contributed by atoms with Crippen molar-refractivity contribution in [2.75, 3.05) is 5.32 Å². The Hall–Kier alpha value is -3.55. The summed E-state index contributed by atoms with van der Waals surface area (Å²) in [5.41, 5.74) is 2.69. The van der Waals surface area contributed by atoms with Gasteiger partial charge in [-0.15, -0.1) is 11.3 Å². The molecule has 0 fully saturated rings. The summed E-state index contributed by atoms with van der Waals surface area (Å²) in [5.74, 6) is -0.547. The van der Waals surface area contributed by atoms with E-state index in [-0.39, 0.29) is 11.3 Å². The van der Waals surface area contributed by atoms with Gasteiger partial charge in [-0.3, -0.25) is 14.9 Å². The predicted molar refractivity (Wildman–Crippen MR) is 119 cm³/mol. The normalized spacial score (nSPS) is 10.6. The third kappa shape index (κ3) is 4.07. The highest BCUT2D eigenvalue weighted by molar-refractivity contribution is 7.13. The first kappa shape index (κ1) is 19.8. The minimum atomic E-state index is -0.573. The van der Waals surface area contributed by atoms with Crippen LogP contribution >= 0.6 is 22.9 Å². The lowest BCUT2D eigenvalue weighted by molar-refractivity contribution is -0.385. The van der Waals surface area contributed by atoms with E-state index in [1.165, 1.54) is 29.5 Å². The predicted octanol–water partition coefficient (Wildman–Crippen LogP) is 6.29. The van der Waals surface area contributed by atoms with E-state index in [1.807, 2.05) is 35.7 Å². The number of para-hydroxylation sites is 1. The first-order valence-corrected chi connectivity index (χ1v) is 10.1. The molecule has 0 aliphatic rings. The second-order valence-electron chi connectivity index (χ2n) is 6.33. The van der Waals surface area contributed by atoms with E-state index in [4.69, 9.17) is 11.6 Å². The fraction of sp³-hybridized carbons (Fsp3) is 0. The Morgan fingerprint density at radius 3 is 2.60 bits per heavy atom. The number of amides is 1. The summed E-state index contributed by atoms with van der Waals surface area (Å²) in [6, 6.07) is 20.5. The van der Waals surface area contributed by atoms with Crippen molar-refractivity contribution in [2.45, 2.75) is 0 Å². The molecule has 8 heteroatoms. The number of halogens is 1. The Bertz CT molecular complexity index is 1260. The van der Waals surface area contributed by atoms with Crippen LogP contribution < -0.4 is 5.32 Å². The van der Waals surface area contributed by atoms with Crippen molar-refractivity contribution in [1.82, 2.24) is 4.98 Å². The van der Waals surface area contributed by atoms with Gasteiger partial charge in [0.15, 0.2) is 0 Å². The third-order valence-corrected chi connectivity index (χ3v) is 5.58. The van der Waals surface area contributed by atoms with Crippen LogP contribution in [0.3, 0.4) is 0 Å². The quantitative estimate of drug-likeness (QED) is 0.295. The molecule has 0 saturated heterocycles. The summed E-state index contributed by atoms with van der Waals surface area (Å²) < 4.78 is 0. The number of carbonyl (C=O) groups is 1. The van der Waals surface area contributed by atoms with Gasteiger partial charge in [-0.05, 0) is 24.3 Å². The summed E-state index contributed by atoms with van der Waals surface area (Å²) >= 11 is 7.74. The molecule has 4 aromatic rings. The molecule has 1 heterocycles. The van der Waals surface area contributed by atoms with Crippen LogP contribution in [0, 0.1) is 10.1 Å². The molecule has 0 radical (unpaired) electrons. The zero-order chi connectivity index (χ0) is 21.1. The van der Waals surface area contributed by atoms with Crippen molar-refractivity contribution < 1.29 is 9.72 Å². The van der Waals surface area contributed by atoms with Crippen LogP contribution in [0.1, 0.15) is 10.4 Å². The van der Waals surface area contributed by atoms with Crippen LogP contribution in [0.15, 0.2) is 78.2 Å². The van der Waals surface area contributed by atoms with Gasteiger partial charge in [-0.2, -0.15) is 0 Å². The molecule has 3 aromatic carbocycles. The van der Waals surface area contributed by atoms with Crippen molar-refractivity contribution in [2.24, 2.45) is 0 Å². The number of nitro benzene ring substituents is 1. The standard InChI is InChI=1S/C22H14ClN3O3S/c23-18-10-3-1-8-16(18)22-25-19(13-30-22)14-6-5-7-15(12-14)24-21(27)17-9-2-4-11-20(17)26(28)29/h1-13H,(H,24,27). The van der Waals surface area contributed by atoms with Gasteiger partial charge in [0.05, 0.1) is 15.6 Å². The molecule has 0 saturated carbocycles. The number of hydrogen-bond donors (Lipinski definition) is 1. The molecular weight excluding hydrogens is 422 g/mol. The Morgan fingerprint density at radius 2 is 1.80 bits per heavy atom. The minimum absolute atomic E-state index is 0.00238. The Balaban J connectivity index is 1.59. The molecule has 0 spiro atoms. The third-order valence-electron chi connectivity index (χ3n) is 4.37. The Labute approximate surface area is 180 Å². The number of nitrogens with one attached hydrogen (secondary N) is 1. The van der Waals surface area contributed by atoms with E-state index in [2.05, 4.69) is 10.3 Å². The van der Waals surface area contributed by atoms with E-state index in [9.17, 15) is 14.9 Å². The highest BCUT2D eigenvalue weighted by Gasteiger charge is 2.19. The smallest absolute Gasteiger partial charge is 0.282 e. The van der Waals surface area contributed by atoms with Gasteiger partial charge in [0.1, 0.15) is 10.6 Å². The maximum atomic E-state index is 12.6. The van der Waals surface area contributed by atoms with Crippen LogP contribution in [0.2, 0.25) is 5.02 Å². The zero-order valence-electron chi connectivity index (χ0n) is 15.4. The second-order valence-corrected chi connectivity index (χ2v) is 7.59. The number of hydrogen-bond acceptors (Lipinski definition) is 5. The molecule has 1 N–H and O–H groups in total.